The Morgan fingerprint density at radius 2 is 2.24 bits per heavy atom. The average molecular weight is 316 g/mol. The second kappa shape index (κ2) is 5.06. The monoisotopic (exact) mass is 314 g/mol. The molecule has 1 aromatic carbocycles. The maximum Gasteiger partial charge on any atom is 0.102 e. The van der Waals surface area contributed by atoms with E-state index < -0.39 is 0 Å². The molecule has 1 N–H and O–H groups in total. The fraction of sp³-hybridized carbons (Fsp3) is 0.273. The van der Waals surface area contributed by atoms with Crippen LogP contribution in [0.1, 0.15) is 11.3 Å². The summed E-state index contributed by atoms with van der Waals surface area (Å²) in [6.07, 6.45) is 1.87. The third-order valence-corrected chi connectivity index (χ3v) is 3.42. The lowest BCUT2D eigenvalue weighted by atomic mass is 10.2. The number of halogens is 2. The Hall–Kier alpha value is -1.07. The SMILES string of the molecule is Cc1cc(Br)c(NCc2cn(C)nn2)cc1Cl. The van der Waals surface area contributed by atoms with Crippen LogP contribution in [-0.2, 0) is 13.6 Å². The molecule has 0 unspecified atom stereocenters. The zero-order valence-corrected chi connectivity index (χ0v) is 11.9. The lowest BCUT2D eigenvalue weighted by Crippen LogP contribution is -2.00. The quantitative estimate of drug-likeness (QED) is 0.946. The minimum absolute atomic E-state index is 0.617. The molecule has 0 spiro atoms. The van der Waals surface area contributed by atoms with Gasteiger partial charge in [-0.05, 0) is 40.5 Å². The largest absolute Gasteiger partial charge is 0.378 e. The first-order valence-electron chi connectivity index (χ1n) is 5.11. The molecule has 0 aliphatic heterocycles. The molecule has 0 aliphatic rings. The summed E-state index contributed by atoms with van der Waals surface area (Å²) < 4.78 is 2.66. The van der Waals surface area contributed by atoms with E-state index in [-0.39, 0.29) is 0 Å². The lowest BCUT2D eigenvalue weighted by molar-refractivity contribution is 0.713. The van der Waals surface area contributed by atoms with Gasteiger partial charge in [0.2, 0.25) is 0 Å². The molecule has 6 heteroatoms. The van der Waals surface area contributed by atoms with Crippen molar-refractivity contribution in [1.29, 1.82) is 0 Å². The Balaban J connectivity index is 2.11. The van der Waals surface area contributed by atoms with E-state index in [1.54, 1.807) is 4.68 Å². The van der Waals surface area contributed by atoms with E-state index in [4.69, 9.17) is 11.6 Å². The summed E-state index contributed by atoms with van der Waals surface area (Å²) in [7, 11) is 1.84. The summed E-state index contributed by atoms with van der Waals surface area (Å²) >= 11 is 9.58. The van der Waals surface area contributed by atoms with Crippen LogP contribution in [0, 0.1) is 6.92 Å². The van der Waals surface area contributed by atoms with E-state index in [2.05, 4.69) is 31.6 Å². The number of aromatic nitrogens is 3. The first kappa shape index (κ1) is 12.4. The third-order valence-electron chi connectivity index (χ3n) is 2.36. The predicted molar refractivity (Wildman–Crippen MR) is 72.2 cm³/mol. The van der Waals surface area contributed by atoms with Gasteiger partial charge in [-0.25, -0.2) is 0 Å². The molecule has 1 heterocycles. The highest BCUT2D eigenvalue weighted by atomic mass is 79.9. The van der Waals surface area contributed by atoms with Crippen LogP contribution >= 0.6 is 27.5 Å². The molecule has 0 fully saturated rings. The van der Waals surface area contributed by atoms with Crippen molar-refractivity contribution in [2.75, 3.05) is 5.32 Å². The molecule has 2 rings (SSSR count). The van der Waals surface area contributed by atoms with Crippen molar-refractivity contribution in [3.05, 3.63) is 39.1 Å². The molecule has 0 radical (unpaired) electrons. The zero-order chi connectivity index (χ0) is 12.4. The predicted octanol–water partition coefficient (Wildman–Crippen LogP) is 3.15. The van der Waals surface area contributed by atoms with Crippen LogP contribution in [0.15, 0.2) is 22.8 Å². The zero-order valence-electron chi connectivity index (χ0n) is 9.54. The fourth-order valence-corrected chi connectivity index (χ4v) is 2.21. The van der Waals surface area contributed by atoms with Crippen molar-refractivity contribution in [2.45, 2.75) is 13.5 Å². The maximum atomic E-state index is 6.08. The molecule has 0 amide bonds. The lowest BCUT2D eigenvalue weighted by Gasteiger charge is -2.09. The second-order valence-corrected chi connectivity index (χ2v) is 5.08. The Kier molecular flexibility index (Phi) is 3.69. The van der Waals surface area contributed by atoms with Crippen LogP contribution in [0.5, 0.6) is 0 Å². The fourth-order valence-electron chi connectivity index (χ4n) is 1.44. The molecule has 2 aromatic rings. The molecule has 1 aromatic heterocycles. The number of rotatable bonds is 3. The molecule has 0 saturated heterocycles. The Bertz CT molecular complexity index is 538. The van der Waals surface area contributed by atoms with Gasteiger partial charge in [0.05, 0.1) is 12.2 Å². The highest BCUT2D eigenvalue weighted by Crippen LogP contribution is 2.29. The smallest absolute Gasteiger partial charge is 0.102 e. The molecule has 0 aliphatic carbocycles. The van der Waals surface area contributed by atoms with E-state index in [9.17, 15) is 0 Å². The Morgan fingerprint density at radius 3 is 2.88 bits per heavy atom. The van der Waals surface area contributed by atoms with Gasteiger partial charge in [-0.1, -0.05) is 16.8 Å². The van der Waals surface area contributed by atoms with Gasteiger partial charge >= 0.3 is 0 Å². The number of benzene rings is 1. The van der Waals surface area contributed by atoms with Crippen LogP contribution in [-0.4, -0.2) is 15.0 Å². The van der Waals surface area contributed by atoms with Crippen molar-refractivity contribution in [3.8, 4) is 0 Å². The molecule has 90 valence electrons. The first-order chi connectivity index (χ1) is 8.06. The summed E-state index contributed by atoms with van der Waals surface area (Å²) in [4.78, 5) is 0. The van der Waals surface area contributed by atoms with Gasteiger partial charge in [-0.15, -0.1) is 5.10 Å². The number of aryl methyl sites for hydroxylation is 2. The molecule has 0 saturated carbocycles. The van der Waals surface area contributed by atoms with Crippen LogP contribution in [0.2, 0.25) is 5.02 Å². The molecule has 17 heavy (non-hydrogen) atoms. The molecule has 0 bridgehead atoms. The van der Waals surface area contributed by atoms with Crippen molar-refractivity contribution < 1.29 is 0 Å². The van der Waals surface area contributed by atoms with E-state index in [1.165, 1.54) is 0 Å². The van der Waals surface area contributed by atoms with E-state index >= 15 is 0 Å². The minimum Gasteiger partial charge on any atom is -0.378 e. The number of hydrogen-bond acceptors (Lipinski definition) is 3. The molecular formula is C11H12BrClN4. The standard InChI is InChI=1S/C11H12BrClN4/c1-7-3-9(12)11(4-10(7)13)14-5-8-6-17(2)16-15-8/h3-4,6,14H,5H2,1-2H3. The van der Waals surface area contributed by atoms with Gasteiger partial charge < -0.3 is 5.32 Å². The van der Waals surface area contributed by atoms with Gasteiger partial charge in [-0.2, -0.15) is 0 Å². The maximum absolute atomic E-state index is 6.08. The normalized spacial score (nSPS) is 10.6. The topological polar surface area (TPSA) is 42.7 Å². The van der Waals surface area contributed by atoms with Crippen LogP contribution in [0.3, 0.4) is 0 Å². The van der Waals surface area contributed by atoms with E-state index in [0.29, 0.717) is 6.54 Å². The van der Waals surface area contributed by atoms with E-state index in [0.717, 1.165) is 26.4 Å². The number of nitrogens with zero attached hydrogens (tertiary/aromatic N) is 3. The molecular weight excluding hydrogens is 304 g/mol. The summed E-state index contributed by atoms with van der Waals surface area (Å²) in [6.45, 7) is 2.59. The van der Waals surface area contributed by atoms with Gasteiger partial charge in [0.15, 0.2) is 0 Å². The number of hydrogen-bond donors (Lipinski definition) is 1. The average Bonchev–Trinajstić information content (AvgIpc) is 2.68. The molecule has 4 nitrogen and oxygen atoms in total. The summed E-state index contributed by atoms with van der Waals surface area (Å²) in [5.41, 5.74) is 2.88. The highest BCUT2D eigenvalue weighted by molar-refractivity contribution is 9.10. The van der Waals surface area contributed by atoms with Crippen molar-refractivity contribution in [3.63, 3.8) is 0 Å². The van der Waals surface area contributed by atoms with Crippen LogP contribution in [0.4, 0.5) is 5.69 Å². The Labute approximate surface area is 113 Å². The minimum atomic E-state index is 0.617. The van der Waals surface area contributed by atoms with Crippen molar-refractivity contribution in [1.82, 2.24) is 15.0 Å². The Morgan fingerprint density at radius 1 is 1.47 bits per heavy atom. The number of anilines is 1. The van der Waals surface area contributed by atoms with Gasteiger partial charge in [0, 0.05) is 22.7 Å². The summed E-state index contributed by atoms with van der Waals surface area (Å²) in [5, 5.41) is 11.9. The highest BCUT2D eigenvalue weighted by Gasteiger charge is 2.05. The van der Waals surface area contributed by atoms with Gasteiger partial charge in [0.25, 0.3) is 0 Å². The first-order valence-corrected chi connectivity index (χ1v) is 6.28. The van der Waals surface area contributed by atoms with Crippen LogP contribution < -0.4 is 5.32 Å². The molecule has 0 atom stereocenters. The third kappa shape index (κ3) is 2.98. The van der Waals surface area contributed by atoms with Gasteiger partial charge in [-0.3, -0.25) is 4.68 Å². The van der Waals surface area contributed by atoms with E-state index in [1.807, 2.05) is 32.3 Å². The van der Waals surface area contributed by atoms with Crippen molar-refractivity contribution in [2.24, 2.45) is 7.05 Å². The second-order valence-electron chi connectivity index (χ2n) is 3.82. The number of nitrogens with one attached hydrogen (secondary N) is 1. The summed E-state index contributed by atoms with van der Waals surface area (Å²) in [5.74, 6) is 0. The summed E-state index contributed by atoms with van der Waals surface area (Å²) in [6, 6.07) is 3.89. The van der Waals surface area contributed by atoms with Crippen LogP contribution in [0.25, 0.3) is 0 Å². The van der Waals surface area contributed by atoms with Crippen molar-refractivity contribution >= 4 is 33.2 Å². The van der Waals surface area contributed by atoms with Gasteiger partial charge in [0.1, 0.15) is 5.69 Å².